The SMILES string of the molecule is Nc1ncc(-c2ccc([N+](=O)[O-])cc2)s1. The third-order valence-corrected chi connectivity index (χ3v) is 2.76. The van der Waals surface area contributed by atoms with Gasteiger partial charge in [0.1, 0.15) is 0 Å². The van der Waals surface area contributed by atoms with Crippen molar-refractivity contribution < 1.29 is 4.92 Å². The zero-order valence-electron chi connectivity index (χ0n) is 7.58. The lowest BCUT2D eigenvalue weighted by molar-refractivity contribution is -0.384. The first-order valence-electron chi connectivity index (χ1n) is 4.13. The first kappa shape index (κ1) is 9.60. The van der Waals surface area contributed by atoms with E-state index in [1.807, 2.05) is 0 Å². The van der Waals surface area contributed by atoms with E-state index < -0.39 is 4.92 Å². The number of thiazole rings is 1. The number of benzene rings is 1. The normalized spacial score (nSPS) is 10.1. The minimum atomic E-state index is -0.426. The molecule has 0 fully saturated rings. The quantitative estimate of drug-likeness (QED) is 0.623. The second-order valence-electron chi connectivity index (χ2n) is 2.87. The highest BCUT2D eigenvalue weighted by molar-refractivity contribution is 7.18. The molecule has 2 aromatic rings. The van der Waals surface area contributed by atoms with E-state index in [0.29, 0.717) is 5.13 Å². The highest BCUT2D eigenvalue weighted by Crippen LogP contribution is 2.28. The molecule has 0 aliphatic carbocycles. The summed E-state index contributed by atoms with van der Waals surface area (Å²) in [5, 5.41) is 10.9. The molecule has 0 saturated heterocycles. The Hall–Kier alpha value is -1.95. The average molecular weight is 221 g/mol. The topological polar surface area (TPSA) is 82.0 Å². The zero-order chi connectivity index (χ0) is 10.8. The smallest absolute Gasteiger partial charge is 0.269 e. The minimum absolute atomic E-state index is 0.0798. The van der Waals surface area contributed by atoms with Gasteiger partial charge in [0.2, 0.25) is 0 Å². The van der Waals surface area contributed by atoms with Crippen molar-refractivity contribution in [1.29, 1.82) is 0 Å². The third kappa shape index (κ3) is 1.94. The van der Waals surface area contributed by atoms with Crippen molar-refractivity contribution in [2.45, 2.75) is 0 Å². The minimum Gasteiger partial charge on any atom is -0.375 e. The number of nitro groups is 1. The number of aromatic nitrogens is 1. The number of anilines is 1. The maximum absolute atomic E-state index is 10.4. The van der Waals surface area contributed by atoms with Crippen LogP contribution in [0.2, 0.25) is 0 Å². The largest absolute Gasteiger partial charge is 0.375 e. The molecule has 0 bridgehead atoms. The number of nitrogens with two attached hydrogens (primary N) is 1. The molecule has 1 aromatic heterocycles. The van der Waals surface area contributed by atoms with E-state index in [0.717, 1.165) is 10.4 Å². The Morgan fingerprint density at radius 3 is 2.47 bits per heavy atom. The molecule has 1 heterocycles. The van der Waals surface area contributed by atoms with Gasteiger partial charge in [0, 0.05) is 18.3 Å². The van der Waals surface area contributed by atoms with Gasteiger partial charge in [-0.2, -0.15) is 0 Å². The van der Waals surface area contributed by atoms with Crippen molar-refractivity contribution in [2.75, 3.05) is 5.73 Å². The summed E-state index contributed by atoms with van der Waals surface area (Å²) in [4.78, 5) is 14.8. The Labute approximate surface area is 89.3 Å². The Morgan fingerprint density at radius 2 is 2.00 bits per heavy atom. The monoisotopic (exact) mass is 221 g/mol. The molecule has 1 aromatic carbocycles. The Kier molecular flexibility index (Phi) is 2.34. The first-order valence-corrected chi connectivity index (χ1v) is 4.94. The van der Waals surface area contributed by atoms with Crippen LogP contribution in [0.1, 0.15) is 0 Å². The highest BCUT2D eigenvalue weighted by atomic mass is 32.1. The fraction of sp³-hybridized carbons (Fsp3) is 0. The maximum Gasteiger partial charge on any atom is 0.269 e. The summed E-state index contributed by atoms with van der Waals surface area (Å²) >= 11 is 1.35. The lowest BCUT2D eigenvalue weighted by Gasteiger charge is -1.95. The van der Waals surface area contributed by atoms with Crippen LogP contribution in [0.15, 0.2) is 30.5 Å². The van der Waals surface area contributed by atoms with Gasteiger partial charge in [0.25, 0.3) is 5.69 Å². The summed E-state index contributed by atoms with van der Waals surface area (Å²) in [6.45, 7) is 0. The van der Waals surface area contributed by atoms with Gasteiger partial charge in [-0.3, -0.25) is 10.1 Å². The van der Waals surface area contributed by atoms with Crippen molar-refractivity contribution in [3.63, 3.8) is 0 Å². The molecule has 6 heteroatoms. The van der Waals surface area contributed by atoms with E-state index in [9.17, 15) is 10.1 Å². The number of nitrogen functional groups attached to an aromatic ring is 1. The lowest BCUT2D eigenvalue weighted by Crippen LogP contribution is -1.86. The van der Waals surface area contributed by atoms with Crippen molar-refractivity contribution >= 4 is 22.2 Å². The van der Waals surface area contributed by atoms with Crippen LogP contribution < -0.4 is 5.73 Å². The fourth-order valence-electron chi connectivity index (χ4n) is 1.17. The summed E-state index contributed by atoms with van der Waals surface area (Å²) in [5.41, 5.74) is 6.46. The van der Waals surface area contributed by atoms with E-state index in [-0.39, 0.29) is 5.69 Å². The van der Waals surface area contributed by atoms with Gasteiger partial charge >= 0.3 is 0 Å². The third-order valence-electron chi connectivity index (χ3n) is 1.89. The number of nitrogens with zero attached hydrogens (tertiary/aromatic N) is 2. The number of hydrogen-bond acceptors (Lipinski definition) is 5. The number of rotatable bonds is 2. The van der Waals surface area contributed by atoms with Gasteiger partial charge in [0.05, 0.1) is 9.80 Å². The number of nitro benzene ring substituents is 1. The summed E-state index contributed by atoms with van der Waals surface area (Å²) in [7, 11) is 0. The Balaban J connectivity index is 2.35. The first-order chi connectivity index (χ1) is 7.16. The van der Waals surface area contributed by atoms with Crippen molar-refractivity contribution in [3.05, 3.63) is 40.6 Å². The average Bonchev–Trinajstić information content (AvgIpc) is 2.65. The molecule has 15 heavy (non-hydrogen) atoms. The van der Waals surface area contributed by atoms with Crippen molar-refractivity contribution in [1.82, 2.24) is 4.98 Å². The number of non-ortho nitro benzene ring substituents is 1. The van der Waals surface area contributed by atoms with Gasteiger partial charge in [-0.1, -0.05) is 11.3 Å². The standard InChI is InChI=1S/C9H7N3O2S/c10-9-11-5-8(15-9)6-1-3-7(4-2-6)12(13)14/h1-5H,(H2,10,11). The summed E-state index contributed by atoms with van der Waals surface area (Å²) < 4.78 is 0. The molecule has 0 spiro atoms. The van der Waals surface area contributed by atoms with E-state index in [2.05, 4.69) is 4.98 Å². The predicted octanol–water partition coefficient (Wildman–Crippen LogP) is 2.30. The highest BCUT2D eigenvalue weighted by Gasteiger charge is 2.06. The van der Waals surface area contributed by atoms with E-state index >= 15 is 0 Å². The number of hydrogen-bond donors (Lipinski definition) is 1. The molecule has 0 radical (unpaired) electrons. The molecule has 0 aliphatic heterocycles. The molecule has 0 unspecified atom stereocenters. The van der Waals surface area contributed by atoms with E-state index in [4.69, 9.17) is 5.73 Å². The molecular weight excluding hydrogens is 214 g/mol. The van der Waals surface area contributed by atoms with Crippen LogP contribution in [0.3, 0.4) is 0 Å². The zero-order valence-corrected chi connectivity index (χ0v) is 8.40. The molecule has 5 nitrogen and oxygen atoms in total. The van der Waals surface area contributed by atoms with Crippen molar-refractivity contribution in [2.24, 2.45) is 0 Å². The van der Waals surface area contributed by atoms with Gasteiger partial charge < -0.3 is 5.73 Å². The Morgan fingerprint density at radius 1 is 1.33 bits per heavy atom. The fourth-order valence-corrected chi connectivity index (χ4v) is 1.86. The maximum atomic E-state index is 10.4. The molecule has 2 rings (SSSR count). The molecule has 0 atom stereocenters. The molecule has 76 valence electrons. The van der Waals surface area contributed by atoms with Gasteiger partial charge in [-0.25, -0.2) is 4.98 Å². The van der Waals surface area contributed by atoms with Gasteiger partial charge in [-0.05, 0) is 17.7 Å². The summed E-state index contributed by atoms with van der Waals surface area (Å²) in [6, 6.07) is 6.30. The lowest BCUT2D eigenvalue weighted by atomic mass is 10.2. The predicted molar refractivity (Wildman–Crippen MR) is 58.6 cm³/mol. The second kappa shape index (κ2) is 3.66. The van der Waals surface area contributed by atoms with Crippen LogP contribution in [-0.2, 0) is 0 Å². The molecular formula is C9H7N3O2S. The van der Waals surface area contributed by atoms with E-state index in [1.165, 1.54) is 23.5 Å². The molecule has 0 saturated carbocycles. The Bertz CT molecular complexity index is 492. The second-order valence-corrected chi connectivity index (χ2v) is 3.93. The summed E-state index contributed by atoms with van der Waals surface area (Å²) in [6.07, 6.45) is 1.65. The van der Waals surface area contributed by atoms with E-state index in [1.54, 1.807) is 18.3 Å². The van der Waals surface area contributed by atoms with Crippen LogP contribution in [0.4, 0.5) is 10.8 Å². The van der Waals surface area contributed by atoms with Crippen molar-refractivity contribution in [3.8, 4) is 10.4 Å². The molecule has 0 amide bonds. The molecule has 2 N–H and O–H groups in total. The van der Waals surface area contributed by atoms with Crippen LogP contribution in [0.5, 0.6) is 0 Å². The van der Waals surface area contributed by atoms with Crippen LogP contribution >= 0.6 is 11.3 Å². The van der Waals surface area contributed by atoms with Gasteiger partial charge in [0.15, 0.2) is 5.13 Å². The van der Waals surface area contributed by atoms with Crippen LogP contribution in [0.25, 0.3) is 10.4 Å². The summed E-state index contributed by atoms with van der Waals surface area (Å²) in [5.74, 6) is 0. The van der Waals surface area contributed by atoms with Crippen LogP contribution in [-0.4, -0.2) is 9.91 Å². The molecule has 0 aliphatic rings. The van der Waals surface area contributed by atoms with Gasteiger partial charge in [-0.15, -0.1) is 0 Å². The van der Waals surface area contributed by atoms with Crippen LogP contribution in [0, 0.1) is 10.1 Å².